The van der Waals surface area contributed by atoms with Crippen molar-refractivity contribution in [2.24, 2.45) is 0 Å². The summed E-state index contributed by atoms with van der Waals surface area (Å²) in [6, 6.07) is 85.1. The van der Waals surface area contributed by atoms with Crippen LogP contribution in [0.3, 0.4) is 0 Å². The molecule has 0 amide bonds. The minimum atomic E-state index is -0.665. The summed E-state index contributed by atoms with van der Waals surface area (Å²) >= 11 is 1.86. The number of fused-ring (bicyclic) bond motifs is 15. The summed E-state index contributed by atoms with van der Waals surface area (Å²) in [4.78, 5) is 2.47. The van der Waals surface area contributed by atoms with Gasteiger partial charge in [-0.2, -0.15) is 0 Å². The molecule has 2 aliphatic rings. The average Bonchev–Trinajstić information content (AvgIpc) is 3.93. The third kappa shape index (κ3) is 5.05. The Balaban J connectivity index is 0.998. The molecule has 0 radical (unpaired) electrons. The molecule has 1 aliphatic carbocycles. The quantitative estimate of drug-likeness (QED) is 0.175. The van der Waals surface area contributed by atoms with Crippen LogP contribution in [-0.4, -0.2) is 4.57 Å². The third-order valence-electron chi connectivity index (χ3n) is 14.6. The lowest BCUT2D eigenvalue weighted by Gasteiger charge is -2.45. The standard InChI is InChI=1S/C63H38N2OS/c1-2-18-44-39(14-1)15-13-27-55(44)64(41-31-34-57-50(36-41)46-20-4-8-26-56(46)65(57)43-30-33-48-47-21-5-10-29-60(47)67-61(48)38-43)42-32-35-59-54(37-42)63(52-24-7-9-28-58(52)66-59)51-23-6-3-19-45(51)49-22-11-16-40-17-12-25-53(63)62(40)49/h1-38H. The van der Waals surface area contributed by atoms with Crippen molar-refractivity contribution in [1.29, 1.82) is 0 Å². The number of hydrogen-bond donors (Lipinski definition) is 0. The molecular weight excluding hydrogens is 833 g/mol. The van der Waals surface area contributed by atoms with E-state index >= 15 is 0 Å². The van der Waals surface area contributed by atoms with Crippen LogP contribution in [0.5, 0.6) is 11.5 Å². The molecule has 67 heavy (non-hydrogen) atoms. The molecule has 1 atom stereocenters. The Morgan fingerprint density at radius 1 is 0.388 bits per heavy atom. The Bertz CT molecular complexity index is 4220. The zero-order valence-corrected chi connectivity index (χ0v) is 37.0. The fourth-order valence-corrected chi connectivity index (χ4v) is 13.0. The predicted octanol–water partition coefficient (Wildman–Crippen LogP) is 17.4. The van der Waals surface area contributed by atoms with E-state index in [4.69, 9.17) is 4.74 Å². The van der Waals surface area contributed by atoms with Gasteiger partial charge in [0.25, 0.3) is 0 Å². The van der Waals surface area contributed by atoms with Crippen LogP contribution in [0.2, 0.25) is 0 Å². The second-order valence-electron chi connectivity index (χ2n) is 17.9. The van der Waals surface area contributed by atoms with Crippen molar-refractivity contribution in [2.45, 2.75) is 5.41 Å². The van der Waals surface area contributed by atoms with E-state index in [1.807, 2.05) is 11.3 Å². The molecule has 2 aromatic heterocycles. The Kier molecular flexibility index (Phi) is 7.58. The van der Waals surface area contributed by atoms with E-state index in [2.05, 4.69) is 240 Å². The van der Waals surface area contributed by atoms with Crippen molar-refractivity contribution in [2.75, 3.05) is 4.90 Å². The Morgan fingerprint density at radius 3 is 1.97 bits per heavy atom. The number of para-hydroxylation sites is 2. The normalized spacial score (nSPS) is 14.7. The van der Waals surface area contributed by atoms with Gasteiger partial charge in [0.05, 0.1) is 22.1 Å². The predicted molar refractivity (Wildman–Crippen MR) is 281 cm³/mol. The number of aromatic nitrogens is 1. The zero-order chi connectivity index (χ0) is 43.8. The first kappa shape index (κ1) is 36.9. The van der Waals surface area contributed by atoms with Crippen molar-refractivity contribution >= 4 is 91.9 Å². The van der Waals surface area contributed by atoms with Gasteiger partial charge < -0.3 is 14.2 Å². The average molecular weight is 871 g/mol. The lowest BCUT2D eigenvalue weighted by molar-refractivity contribution is 0.435. The van der Waals surface area contributed by atoms with Gasteiger partial charge in [-0.1, -0.05) is 158 Å². The molecule has 15 rings (SSSR count). The van der Waals surface area contributed by atoms with Crippen molar-refractivity contribution < 1.29 is 4.74 Å². The first-order valence-corrected chi connectivity index (χ1v) is 23.8. The summed E-state index contributed by atoms with van der Waals surface area (Å²) in [6.45, 7) is 0. The summed E-state index contributed by atoms with van der Waals surface area (Å²) in [5, 5.41) is 9.93. The fraction of sp³-hybridized carbons (Fsp3) is 0.0159. The van der Waals surface area contributed by atoms with Gasteiger partial charge in [-0.25, -0.2) is 0 Å². The Labute approximate surface area is 390 Å². The van der Waals surface area contributed by atoms with E-state index in [1.54, 1.807) is 0 Å². The van der Waals surface area contributed by atoms with Gasteiger partial charge in [0.2, 0.25) is 0 Å². The monoisotopic (exact) mass is 870 g/mol. The van der Waals surface area contributed by atoms with Crippen LogP contribution in [0.4, 0.5) is 17.1 Å². The van der Waals surface area contributed by atoms with Gasteiger partial charge in [-0.3, -0.25) is 0 Å². The lowest BCUT2D eigenvalue weighted by atomic mass is 9.58. The lowest BCUT2D eigenvalue weighted by Crippen LogP contribution is -2.36. The molecule has 312 valence electrons. The molecule has 0 saturated heterocycles. The molecule has 0 N–H and O–H groups in total. The van der Waals surface area contributed by atoms with E-state index in [0.29, 0.717) is 0 Å². The van der Waals surface area contributed by atoms with Crippen LogP contribution in [0.15, 0.2) is 231 Å². The van der Waals surface area contributed by atoms with Gasteiger partial charge in [0.1, 0.15) is 11.5 Å². The highest BCUT2D eigenvalue weighted by atomic mass is 32.1. The van der Waals surface area contributed by atoms with Crippen molar-refractivity contribution in [3.05, 3.63) is 253 Å². The second-order valence-corrected chi connectivity index (χ2v) is 19.0. The Morgan fingerprint density at radius 2 is 1.03 bits per heavy atom. The molecule has 1 aliphatic heterocycles. The topological polar surface area (TPSA) is 17.4 Å². The van der Waals surface area contributed by atoms with Gasteiger partial charge in [0, 0.05) is 64.5 Å². The summed E-state index contributed by atoms with van der Waals surface area (Å²) < 4.78 is 12.0. The maximum absolute atomic E-state index is 6.99. The van der Waals surface area contributed by atoms with Crippen molar-refractivity contribution in [1.82, 2.24) is 4.57 Å². The molecule has 3 nitrogen and oxygen atoms in total. The molecule has 11 aromatic carbocycles. The van der Waals surface area contributed by atoms with E-state index in [1.165, 1.54) is 85.8 Å². The van der Waals surface area contributed by atoms with Crippen LogP contribution in [0, 0.1) is 0 Å². The molecule has 0 fully saturated rings. The molecule has 0 saturated carbocycles. The number of nitrogens with zero attached hydrogens (tertiary/aromatic N) is 2. The highest BCUT2D eigenvalue weighted by Crippen LogP contribution is 2.62. The van der Waals surface area contributed by atoms with E-state index < -0.39 is 5.41 Å². The van der Waals surface area contributed by atoms with Crippen molar-refractivity contribution in [3.63, 3.8) is 0 Å². The largest absolute Gasteiger partial charge is 0.457 e. The third-order valence-corrected chi connectivity index (χ3v) is 15.7. The Hall–Kier alpha value is -8.44. The molecule has 13 aromatic rings. The molecule has 3 heterocycles. The number of rotatable bonds is 4. The first-order valence-electron chi connectivity index (χ1n) is 23.0. The fourth-order valence-electron chi connectivity index (χ4n) is 11.9. The summed E-state index contributed by atoms with van der Waals surface area (Å²) in [5.41, 5.74) is 13.4. The molecule has 4 heteroatoms. The highest BCUT2D eigenvalue weighted by molar-refractivity contribution is 7.25. The molecule has 0 bridgehead atoms. The van der Waals surface area contributed by atoms with E-state index in [-0.39, 0.29) is 0 Å². The summed E-state index contributed by atoms with van der Waals surface area (Å²) in [7, 11) is 0. The van der Waals surface area contributed by atoms with Gasteiger partial charge in [-0.15, -0.1) is 11.3 Å². The number of anilines is 3. The summed E-state index contributed by atoms with van der Waals surface area (Å²) in [5.74, 6) is 1.74. The number of thiophene rings is 1. The molecule has 1 spiro atoms. The van der Waals surface area contributed by atoms with Gasteiger partial charge in [0.15, 0.2) is 0 Å². The van der Waals surface area contributed by atoms with Crippen LogP contribution in [0.25, 0.3) is 80.3 Å². The highest BCUT2D eigenvalue weighted by Gasteiger charge is 2.49. The van der Waals surface area contributed by atoms with E-state index in [0.717, 1.165) is 45.4 Å². The van der Waals surface area contributed by atoms with Gasteiger partial charge in [-0.05, 0) is 111 Å². The smallest absolute Gasteiger partial charge is 0.132 e. The zero-order valence-electron chi connectivity index (χ0n) is 36.2. The minimum Gasteiger partial charge on any atom is -0.457 e. The van der Waals surface area contributed by atoms with Crippen LogP contribution in [0.1, 0.15) is 22.3 Å². The minimum absolute atomic E-state index is 0.665. The van der Waals surface area contributed by atoms with Crippen LogP contribution >= 0.6 is 11.3 Å². The first-order chi connectivity index (χ1) is 33.2. The van der Waals surface area contributed by atoms with Gasteiger partial charge >= 0.3 is 0 Å². The summed E-state index contributed by atoms with van der Waals surface area (Å²) in [6.07, 6.45) is 0. The van der Waals surface area contributed by atoms with Crippen molar-refractivity contribution in [3.8, 4) is 28.3 Å². The maximum Gasteiger partial charge on any atom is 0.132 e. The SMILES string of the molecule is c1ccc2c(c1)Oc1ccc(N(c3ccc4c(c3)c3ccccc3n4-c3ccc4c(c3)sc3ccccc34)c3cccc4ccccc34)cc1C21c2ccccc2-c2cccc3cccc1c23. The number of hydrogen-bond acceptors (Lipinski definition) is 3. The van der Waals surface area contributed by atoms with E-state index in [9.17, 15) is 0 Å². The van der Waals surface area contributed by atoms with Crippen LogP contribution in [-0.2, 0) is 5.41 Å². The molecule has 1 unspecified atom stereocenters. The molecular formula is C63H38N2OS. The second kappa shape index (κ2) is 13.8. The number of ether oxygens (including phenoxy) is 1. The maximum atomic E-state index is 6.99. The number of benzene rings is 11. The van der Waals surface area contributed by atoms with Crippen LogP contribution < -0.4 is 9.64 Å².